The van der Waals surface area contributed by atoms with Crippen LogP contribution in [0.5, 0.6) is 0 Å². The van der Waals surface area contributed by atoms with E-state index >= 15 is 0 Å². The first-order valence-electron chi connectivity index (χ1n) is 5.25. The molecule has 0 amide bonds. The minimum atomic E-state index is -3.84. The van der Waals surface area contributed by atoms with Gasteiger partial charge in [0.05, 0.1) is 15.4 Å². The molecule has 0 aromatic heterocycles. The summed E-state index contributed by atoms with van der Waals surface area (Å²) in [5.41, 5.74) is -0.122. The lowest BCUT2D eigenvalue weighted by molar-refractivity contribution is 0.0696. The summed E-state index contributed by atoms with van der Waals surface area (Å²) in [6, 6.07) is 9.36. The van der Waals surface area contributed by atoms with Crippen molar-refractivity contribution in [3.05, 3.63) is 59.9 Å². The van der Waals surface area contributed by atoms with Crippen LogP contribution < -0.4 is 0 Å². The Morgan fingerprint density at radius 3 is 2.21 bits per heavy atom. The van der Waals surface area contributed by atoms with Gasteiger partial charge in [0.15, 0.2) is 0 Å². The second-order valence-electron chi connectivity index (χ2n) is 3.79. The predicted molar refractivity (Wildman–Crippen MR) is 65.3 cm³/mol. The second kappa shape index (κ2) is 4.81. The monoisotopic (exact) mass is 280 g/mol. The molecule has 0 heterocycles. The maximum absolute atomic E-state index is 12.8. The van der Waals surface area contributed by atoms with Crippen LogP contribution in [-0.2, 0) is 9.84 Å². The molecule has 6 heteroatoms. The molecule has 0 saturated carbocycles. The number of hydrogen-bond donors (Lipinski definition) is 1. The summed E-state index contributed by atoms with van der Waals surface area (Å²) in [5, 5.41) is 8.84. The van der Waals surface area contributed by atoms with Crippen molar-refractivity contribution in [1.29, 1.82) is 0 Å². The van der Waals surface area contributed by atoms with E-state index in [1.54, 1.807) is 0 Å². The maximum atomic E-state index is 12.8. The Bertz CT molecular complexity index is 721. The molecule has 0 aliphatic carbocycles. The summed E-state index contributed by atoms with van der Waals surface area (Å²) in [6.07, 6.45) is 0. The SMILES string of the molecule is O=C(O)c1cccc(S(=O)(=O)c2ccc(F)cc2)c1. The van der Waals surface area contributed by atoms with Gasteiger partial charge in [-0.15, -0.1) is 0 Å². The highest BCUT2D eigenvalue weighted by Gasteiger charge is 2.18. The van der Waals surface area contributed by atoms with Crippen molar-refractivity contribution in [1.82, 2.24) is 0 Å². The summed E-state index contributed by atoms with van der Waals surface area (Å²) >= 11 is 0. The number of rotatable bonds is 3. The molecule has 1 N–H and O–H groups in total. The van der Waals surface area contributed by atoms with Gasteiger partial charge in [0.1, 0.15) is 5.82 Å². The van der Waals surface area contributed by atoms with Crippen LogP contribution in [0.1, 0.15) is 10.4 Å². The fourth-order valence-electron chi connectivity index (χ4n) is 1.55. The molecule has 0 unspecified atom stereocenters. The van der Waals surface area contributed by atoms with Gasteiger partial charge >= 0.3 is 5.97 Å². The lowest BCUT2D eigenvalue weighted by Gasteiger charge is -2.05. The van der Waals surface area contributed by atoms with Crippen LogP contribution in [0.3, 0.4) is 0 Å². The van der Waals surface area contributed by atoms with Gasteiger partial charge in [0.25, 0.3) is 0 Å². The number of carboxylic acid groups (broad SMARTS) is 1. The molecule has 2 aromatic rings. The smallest absolute Gasteiger partial charge is 0.335 e. The molecule has 0 spiro atoms. The third kappa shape index (κ3) is 2.63. The molecule has 98 valence electrons. The third-order valence-corrected chi connectivity index (χ3v) is 4.28. The Morgan fingerprint density at radius 2 is 1.63 bits per heavy atom. The van der Waals surface area contributed by atoms with E-state index in [0.717, 1.165) is 30.3 Å². The van der Waals surface area contributed by atoms with Crippen LogP contribution in [0.4, 0.5) is 4.39 Å². The Labute approximate surface area is 109 Å². The van der Waals surface area contributed by atoms with Gasteiger partial charge in [-0.25, -0.2) is 17.6 Å². The third-order valence-electron chi connectivity index (χ3n) is 2.52. The zero-order valence-electron chi connectivity index (χ0n) is 9.58. The van der Waals surface area contributed by atoms with E-state index in [9.17, 15) is 17.6 Å². The van der Waals surface area contributed by atoms with Crippen molar-refractivity contribution >= 4 is 15.8 Å². The number of sulfone groups is 1. The quantitative estimate of drug-likeness (QED) is 0.876. The molecule has 19 heavy (non-hydrogen) atoms. The molecule has 0 aliphatic rings. The zero-order valence-corrected chi connectivity index (χ0v) is 10.4. The number of halogens is 1. The molecule has 4 nitrogen and oxygen atoms in total. The first kappa shape index (κ1) is 13.2. The minimum Gasteiger partial charge on any atom is -0.478 e. The normalized spacial score (nSPS) is 11.2. The van der Waals surface area contributed by atoms with Crippen LogP contribution in [0.15, 0.2) is 58.3 Å². The highest BCUT2D eigenvalue weighted by Crippen LogP contribution is 2.21. The minimum absolute atomic E-state index is 0.0866. The maximum Gasteiger partial charge on any atom is 0.335 e. The molecular formula is C13H9FO4S. The molecule has 0 atom stereocenters. The number of carboxylic acids is 1. The zero-order chi connectivity index (χ0) is 14.0. The fourth-order valence-corrected chi connectivity index (χ4v) is 2.85. The fraction of sp³-hybridized carbons (Fsp3) is 0. The van der Waals surface area contributed by atoms with E-state index in [4.69, 9.17) is 5.11 Å². The van der Waals surface area contributed by atoms with Gasteiger partial charge < -0.3 is 5.11 Å². The molecule has 0 aliphatic heterocycles. The number of benzene rings is 2. The second-order valence-corrected chi connectivity index (χ2v) is 5.74. The highest BCUT2D eigenvalue weighted by atomic mass is 32.2. The van der Waals surface area contributed by atoms with Crippen molar-refractivity contribution < 1.29 is 22.7 Å². The van der Waals surface area contributed by atoms with Crippen LogP contribution in [0.2, 0.25) is 0 Å². The summed E-state index contributed by atoms with van der Waals surface area (Å²) in [7, 11) is -3.84. The topological polar surface area (TPSA) is 71.4 Å². The molecule has 2 aromatic carbocycles. The standard InChI is InChI=1S/C13H9FO4S/c14-10-4-6-11(7-5-10)19(17,18)12-3-1-2-9(8-12)13(15)16/h1-8H,(H,15,16). The van der Waals surface area contributed by atoms with E-state index in [2.05, 4.69) is 0 Å². The van der Waals surface area contributed by atoms with Crippen molar-refractivity contribution in [3.8, 4) is 0 Å². The molecule has 0 bridgehead atoms. The lowest BCUT2D eigenvalue weighted by Crippen LogP contribution is -2.04. The van der Waals surface area contributed by atoms with E-state index < -0.39 is 21.6 Å². The molecule has 0 fully saturated rings. The summed E-state index contributed by atoms with van der Waals surface area (Å²) in [4.78, 5) is 10.6. The highest BCUT2D eigenvalue weighted by molar-refractivity contribution is 7.91. The van der Waals surface area contributed by atoms with Crippen LogP contribution in [0.25, 0.3) is 0 Å². The Morgan fingerprint density at radius 1 is 1.00 bits per heavy atom. The van der Waals surface area contributed by atoms with Crippen LogP contribution in [-0.4, -0.2) is 19.5 Å². The van der Waals surface area contributed by atoms with Crippen molar-refractivity contribution in [2.45, 2.75) is 9.79 Å². The van der Waals surface area contributed by atoms with E-state index in [1.165, 1.54) is 18.2 Å². The molecular weight excluding hydrogens is 271 g/mol. The van der Waals surface area contributed by atoms with E-state index in [0.29, 0.717) is 0 Å². The largest absolute Gasteiger partial charge is 0.478 e. The van der Waals surface area contributed by atoms with Gasteiger partial charge in [-0.1, -0.05) is 6.07 Å². The van der Waals surface area contributed by atoms with E-state index in [-0.39, 0.29) is 15.4 Å². The van der Waals surface area contributed by atoms with Crippen molar-refractivity contribution in [2.75, 3.05) is 0 Å². The van der Waals surface area contributed by atoms with Gasteiger partial charge in [-0.3, -0.25) is 0 Å². The Hall–Kier alpha value is -2.21. The molecule has 2 rings (SSSR count). The predicted octanol–water partition coefficient (Wildman–Crippen LogP) is 2.36. The van der Waals surface area contributed by atoms with Crippen LogP contribution in [0, 0.1) is 5.82 Å². The van der Waals surface area contributed by atoms with Crippen molar-refractivity contribution in [2.24, 2.45) is 0 Å². The van der Waals surface area contributed by atoms with Crippen molar-refractivity contribution in [3.63, 3.8) is 0 Å². The Kier molecular flexibility index (Phi) is 3.35. The van der Waals surface area contributed by atoms with Gasteiger partial charge in [-0.05, 0) is 42.5 Å². The number of aromatic carboxylic acids is 1. The molecule has 0 radical (unpaired) electrons. The Balaban J connectivity index is 2.53. The van der Waals surface area contributed by atoms with Crippen LogP contribution >= 0.6 is 0 Å². The lowest BCUT2D eigenvalue weighted by atomic mass is 10.2. The number of hydrogen-bond acceptors (Lipinski definition) is 3. The van der Waals surface area contributed by atoms with Gasteiger partial charge in [-0.2, -0.15) is 0 Å². The molecule has 0 saturated heterocycles. The number of carbonyl (C=O) groups is 1. The first-order valence-corrected chi connectivity index (χ1v) is 6.73. The first-order chi connectivity index (χ1) is 8.91. The average Bonchev–Trinajstić information content (AvgIpc) is 2.39. The summed E-state index contributed by atoms with van der Waals surface area (Å²) in [5.74, 6) is -1.76. The van der Waals surface area contributed by atoms with Gasteiger partial charge in [0.2, 0.25) is 9.84 Å². The summed E-state index contributed by atoms with van der Waals surface area (Å²) < 4.78 is 37.2. The summed E-state index contributed by atoms with van der Waals surface area (Å²) in [6.45, 7) is 0. The average molecular weight is 280 g/mol. The van der Waals surface area contributed by atoms with Gasteiger partial charge in [0, 0.05) is 0 Å². The van der Waals surface area contributed by atoms with E-state index in [1.807, 2.05) is 0 Å².